The molecule has 133 heavy (non-hydrogen) atoms. The molecule has 8 aromatic rings. The van der Waals surface area contributed by atoms with Gasteiger partial charge in [-0.05, 0) is 99.7 Å². The van der Waals surface area contributed by atoms with E-state index in [9.17, 15) is 54.0 Å². The van der Waals surface area contributed by atoms with E-state index < -0.39 is 205 Å². The minimum atomic E-state index is -1.96. The maximum atomic E-state index is 15.8. The molecule has 2 heterocycles. The molecule has 1 saturated heterocycles. The Bertz CT molecular complexity index is 5420. The highest BCUT2D eigenvalue weighted by Gasteiger charge is 2.43. The van der Waals surface area contributed by atoms with Crippen molar-refractivity contribution in [3.05, 3.63) is 233 Å². The highest BCUT2D eigenvalue weighted by Crippen LogP contribution is 2.25. The summed E-state index contributed by atoms with van der Waals surface area (Å²) < 4.78 is 0. The second-order valence-corrected chi connectivity index (χ2v) is 34.8. The molecule has 36 nitrogen and oxygen atoms in total. The summed E-state index contributed by atoms with van der Waals surface area (Å²) in [6.07, 6.45) is -1.31. The van der Waals surface area contributed by atoms with Gasteiger partial charge in [0.2, 0.25) is 88.6 Å². The van der Waals surface area contributed by atoms with Gasteiger partial charge in [0.15, 0.2) is 0 Å². The molecule has 0 bridgehead atoms. The molecule has 16 N–H and O–H groups in total. The van der Waals surface area contributed by atoms with Crippen molar-refractivity contribution in [3.63, 3.8) is 0 Å². The minimum absolute atomic E-state index is 0.105. The molecular formula is C96H116N16O20S. The van der Waals surface area contributed by atoms with Crippen LogP contribution in [-0.4, -0.2) is 277 Å². The molecule has 1 aromatic heterocycles. The number of rotatable bonds is 22. The molecule has 0 aliphatic carbocycles. The number of nitrogens with zero attached hydrogens (tertiary/aromatic N) is 5. The van der Waals surface area contributed by atoms with Crippen LogP contribution in [0, 0.1) is 11.8 Å². The van der Waals surface area contributed by atoms with Gasteiger partial charge in [-0.15, -0.1) is 11.8 Å². The lowest BCUT2D eigenvalue weighted by Crippen LogP contribution is -2.61. The van der Waals surface area contributed by atoms with E-state index in [4.69, 9.17) is 5.73 Å². The predicted octanol–water partition coefficient (Wildman–Crippen LogP) is 2.08. The third-order valence-electron chi connectivity index (χ3n) is 22.6. The smallest absolute Gasteiger partial charge is 0.305 e. The van der Waals surface area contributed by atoms with Gasteiger partial charge in [-0.3, -0.25) is 76.7 Å². The monoisotopic (exact) mass is 1840 g/mol. The van der Waals surface area contributed by atoms with E-state index in [0.29, 0.717) is 49.8 Å². The maximum absolute atomic E-state index is 15.8. The van der Waals surface area contributed by atoms with Crippen LogP contribution >= 0.6 is 11.8 Å². The summed E-state index contributed by atoms with van der Waals surface area (Å²) in [7, 11) is 6.37. The highest BCUT2D eigenvalue weighted by molar-refractivity contribution is 8.00. The number of aromatic hydroxyl groups is 3. The molecule has 9 rings (SSSR count). The number of carbonyl (C=O) groups is 16. The predicted molar refractivity (Wildman–Crippen MR) is 494 cm³/mol. The van der Waals surface area contributed by atoms with Gasteiger partial charge >= 0.3 is 5.97 Å². The summed E-state index contributed by atoms with van der Waals surface area (Å²) in [5, 5.41) is 66.0. The number of carboxylic acid groups (broad SMARTS) is 1. The fourth-order valence-electron chi connectivity index (χ4n) is 15.3. The summed E-state index contributed by atoms with van der Waals surface area (Å²) in [6, 6.07) is 32.1. The number of likely N-dealkylation sites (N-methyl/N-ethyl adjacent to an activating group) is 5. The Hall–Kier alpha value is -14.7. The molecule has 1 aliphatic heterocycles. The van der Waals surface area contributed by atoms with Crippen LogP contribution in [0.15, 0.2) is 194 Å². The van der Waals surface area contributed by atoms with E-state index >= 15 is 43.2 Å². The summed E-state index contributed by atoms with van der Waals surface area (Å²) in [4.78, 5) is 245. The molecule has 1 aliphatic rings. The number of benzene rings is 7. The summed E-state index contributed by atoms with van der Waals surface area (Å²) in [5.41, 5.74) is 9.40. The highest BCUT2D eigenvalue weighted by atomic mass is 32.2. The Morgan fingerprint density at radius 2 is 0.812 bits per heavy atom. The Labute approximate surface area is 774 Å². The largest absolute Gasteiger partial charge is 0.508 e. The van der Waals surface area contributed by atoms with Gasteiger partial charge in [0.25, 0.3) is 0 Å². The van der Waals surface area contributed by atoms with E-state index in [0.717, 1.165) is 36.3 Å². The molecule has 37 heteroatoms. The molecule has 0 spiro atoms. The zero-order valence-electron chi connectivity index (χ0n) is 75.4. The number of nitrogens with one attached hydrogen (secondary N) is 10. The number of fused-ring (bicyclic) bond motifs is 1. The van der Waals surface area contributed by atoms with Crippen LogP contribution in [0.25, 0.3) is 10.9 Å². The lowest BCUT2D eigenvalue weighted by Gasteiger charge is -2.37. The van der Waals surface area contributed by atoms with E-state index in [2.05, 4.69) is 52.8 Å². The molecule has 15 amide bonds. The van der Waals surface area contributed by atoms with Crippen molar-refractivity contribution in [3.8, 4) is 17.2 Å². The number of thioether (sulfide) groups is 1. The average Bonchev–Trinajstić information content (AvgIpc) is 1.47. The standard InChI is InChI=1S/C96H116N16O20S/c1-56(2)41-70-87(123)106-76(86(122)99-51-80(97)116)54-133-55-83(119)102-75(43-58-21-13-10-14-22-58)93(129)111(8)79(46-60-25-17-12-18-26-60)95(131)112(9)78(47-63-33-39-67(115)40-34-63)94(130)109(6)53-82(118)101-73(49-84(120)121)90(126)107-85(57(3)4)96(132)110(7)77(45-59-23-15-11-16-24-59)91(127)105-74(44-62-31-37-66(114)38-32-62)92(128)108(5)52-81(117)100-72(48-64-50-98-69-28-20-19-27-68(64)69)89(125)104-71(88(124)103-70)42-61-29-35-65(113)36-30-61/h10-40,50,56-57,70-79,85,98,113-115H,41-49,51-55H2,1-9H3,(H2,97,116)(H,99,122)(H,100,117)(H,101,118)(H,102,119)(H,103,124)(H,104,125)(H,105,127)(H,106,123)(H,107,126)(H,120,121)/t70-,71-,72-,73-,74-,75-,76-,77-,78-,79-,85-/m0/s1. The summed E-state index contributed by atoms with van der Waals surface area (Å²) in [6.45, 7) is 4.18. The number of aliphatic carboxylic acids is 1. The number of primary amides is 1. The van der Waals surface area contributed by atoms with Gasteiger partial charge in [-0.1, -0.05) is 173 Å². The van der Waals surface area contributed by atoms with Crippen molar-refractivity contribution < 1.29 is 97.1 Å². The van der Waals surface area contributed by atoms with Crippen LogP contribution in [-0.2, 0) is 122 Å². The van der Waals surface area contributed by atoms with Crippen molar-refractivity contribution in [1.29, 1.82) is 0 Å². The number of aromatic amines is 1. The SMILES string of the molecule is CC(C)C[C@@H]1NC(=O)[C@H](Cc2ccc(O)cc2)NC(=O)[C@H](Cc2c[nH]c3ccccc23)NC(=O)CN(C)C(=O)[C@H](Cc2ccc(O)cc2)NC(=O)[C@H](Cc2ccccc2)N(C)C(=O)[C@H](C(C)C)NC(=O)[C@H](CC(=O)O)NC(=O)CN(C)C(=O)[C@H](Cc2ccc(O)cc2)N(C)C(=O)[C@H](Cc2ccccc2)N(C)C(=O)[C@H](Cc2ccccc2)NC(=O)CSC[C@@H](C(=O)NCC(N)=O)NC1=O. The fourth-order valence-corrected chi connectivity index (χ4v) is 16.2. The second-order valence-electron chi connectivity index (χ2n) is 33.8. The van der Waals surface area contributed by atoms with Gasteiger partial charge in [0.05, 0.1) is 31.8 Å². The van der Waals surface area contributed by atoms with E-state index in [1.807, 2.05) is 0 Å². The van der Waals surface area contributed by atoms with Crippen LogP contribution < -0.4 is 53.6 Å². The van der Waals surface area contributed by atoms with Gasteiger partial charge in [-0.2, -0.15) is 0 Å². The maximum Gasteiger partial charge on any atom is 0.305 e. The average molecular weight is 1850 g/mol. The Morgan fingerprint density at radius 3 is 1.32 bits per heavy atom. The first-order valence-corrected chi connectivity index (χ1v) is 44.5. The zero-order valence-corrected chi connectivity index (χ0v) is 76.2. The van der Waals surface area contributed by atoms with Crippen molar-refractivity contribution in [2.75, 3.05) is 66.4 Å². The van der Waals surface area contributed by atoms with Crippen LogP contribution in [0.4, 0.5) is 0 Å². The molecule has 0 radical (unpaired) electrons. The van der Waals surface area contributed by atoms with Gasteiger partial charge in [0.1, 0.15) is 83.7 Å². The van der Waals surface area contributed by atoms with Crippen molar-refractivity contribution in [1.82, 2.24) is 77.3 Å². The number of phenols is 3. The van der Waals surface area contributed by atoms with Gasteiger partial charge in [0, 0.05) is 103 Å². The molecule has 0 saturated carbocycles. The topological polar surface area (TPSA) is 520 Å². The Morgan fingerprint density at radius 1 is 0.414 bits per heavy atom. The van der Waals surface area contributed by atoms with Crippen LogP contribution in [0.5, 0.6) is 17.2 Å². The third kappa shape index (κ3) is 30.5. The molecule has 1 fully saturated rings. The number of phenolic OH excluding ortho intramolecular Hbond substituents is 3. The van der Waals surface area contributed by atoms with E-state index in [1.165, 1.54) is 108 Å². The summed E-state index contributed by atoms with van der Waals surface area (Å²) in [5.74, 6) is -18.2. The van der Waals surface area contributed by atoms with Crippen molar-refractivity contribution >= 4 is 117 Å². The number of para-hydroxylation sites is 1. The zero-order chi connectivity index (χ0) is 96.9. The van der Waals surface area contributed by atoms with E-state index in [-0.39, 0.29) is 74.5 Å². The first kappa shape index (κ1) is 102. The number of carbonyl (C=O) groups excluding carboxylic acids is 15. The fraction of sp³-hybridized carbons (Fsp3) is 0.375. The van der Waals surface area contributed by atoms with Crippen LogP contribution in [0.3, 0.4) is 0 Å². The number of carboxylic acids is 1. The number of aromatic nitrogens is 1. The second kappa shape index (κ2) is 48.8. The van der Waals surface area contributed by atoms with Crippen LogP contribution in [0.1, 0.15) is 79.5 Å². The quantitative estimate of drug-likeness (QED) is 0.0462. The number of amides is 15. The number of H-pyrrole nitrogens is 1. The normalized spacial score (nSPS) is 21.6. The molecule has 706 valence electrons. The molecule has 11 atom stereocenters. The van der Waals surface area contributed by atoms with Gasteiger partial charge in [-0.25, -0.2) is 0 Å². The van der Waals surface area contributed by atoms with Crippen LogP contribution in [0.2, 0.25) is 0 Å². The number of hydrogen-bond acceptors (Lipinski definition) is 20. The van der Waals surface area contributed by atoms with E-state index in [1.54, 1.807) is 149 Å². The Balaban J connectivity index is 1.12. The van der Waals surface area contributed by atoms with Crippen molar-refractivity contribution in [2.45, 2.75) is 152 Å². The molecule has 0 unspecified atom stereocenters. The third-order valence-corrected chi connectivity index (χ3v) is 23.6. The Kier molecular flexibility index (Phi) is 37.5. The summed E-state index contributed by atoms with van der Waals surface area (Å²) >= 11 is 0.810. The number of hydrogen-bond donors (Lipinski definition) is 15. The lowest BCUT2D eigenvalue weighted by atomic mass is 9.98. The number of nitrogens with two attached hydrogens (primary N) is 1. The molecular weight excluding hydrogens is 1730 g/mol. The first-order valence-electron chi connectivity index (χ1n) is 43.4. The minimum Gasteiger partial charge on any atom is -0.508 e. The molecule has 7 aromatic carbocycles. The lowest BCUT2D eigenvalue weighted by molar-refractivity contribution is -0.151. The van der Waals surface area contributed by atoms with Gasteiger partial charge < -0.3 is 103 Å². The van der Waals surface area contributed by atoms with Crippen molar-refractivity contribution in [2.24, 2.45) is 17.6 Å². The first-order chi connectivity index (χ1) is 63.3.